The van der Waals surface area contributed by atoms with Crippen molar-refractivity contribution in [3.8, 4) is 11.6 Å². The van der Waals surface area contributed by atoms with Crippen molar-refractivity contribution in [1.29, 1.82) is 0 Å². The van der Waals surface area contributed by atoms with E-state index in [-0.39, 0.29) is 22.5 Å². The minimum absolute atomic E-state index is 0.131. The Morgan fingerprint density at radius 3 is 2.79 bits per heavy atom. The lowest BCUT2D eigenvalue weighted by Crippen LogP contribution is -1.97. The van der Waals surface area contributed by atoms with Gasteiger partial charge in [-0.1, -0.05) is 33.6 Å². The van der Waals surface area contributed by atoms with E-state index >= 15 is 0 Å². The van der Waals surface area contributed by atoms with Crippen molar-refractivity contribution in [2.45, 2.75) is 6.92 Å². The van der Waals surface area contributed by atoms with E-state index in [0.717, 1.165) is 0 Å². The normalized spacial score (nSPS) is 10.3. The molecule has 0 aliphatic heterocycles. The van der Waals surface area contributed by atoms with Crippen molar-refractivity contribution in [2.24, 2.45) is 0 Å². The fourth-order valence-electron chi connectivity index (χ4n) is 1.53. The Kier molecular flexibility index (Phi) is 4.01. The summed E-state index contributed by atoms with van der Waals surface area (Å²) in [4.78, 5) is 14.5. The van der Waals surface area contributed by atoms with Crippen LogP contribution in [0.2, 0.25) is 5.15 Å². The quantitative estimate of drug-likeness (QED) is 0.467. The maximum Gasteiger partial charge on any atom is 0.313 e. The van der Waals surface area contributed by atoms with Gasteiger partial charge in [0.15, 0.2) is 0 Å². The van der Waals surface area contributed by atoms with Crippen molar-refractivity contribution in [3.63, 3.8) is 0 Å². The zero-order valence-electron chi connectivity index (χ0n) is 9.76. The number of hydrogen-bond donors (Lipinski definition) is 0. The third-order valence-electron chi connectivity index (χ3n) is 2.31. The van der Waals surface area contributed by atoms with Crippen LogP contribution in [0.3, 0.4) is 0 Å². The lowest BCUT2D eigenvalue weighted by Gasteiger charge is -2.09. The van der Waals surface area contributed by atoms with Crippen molar-refractivity contribution in [3.05, 3.63) is 55.6 Å². The molecule has 7 heteroatoms. The Bertz CT molecular complexity index is 649. The molecule has 0 N–H and O–H groups in total. The number of nitrogens with zero attached hydrogens (tertiary/aromatic N) is 2. The van der Waals surface area contributed by atoms with Gasteiger partial charge in [-0.05, 0) is 19.1 Å². The van der Waals surface area contributed by atoms with Gasteiger partial charge >= 0.3 is 5.69 Å². The third-order valence-corrected chi connectivity index (χ3v) is 2.98. The number of nitro groups is 1. The van der Waals surface area contributed by atoms with Gasteiger partial charge < -0.3 is 4.74 Å². The molecule has 0 unspecified atom stereocenters. The molecule has 0 aliphatic rings. The van der Waals surface area contributed by atoms with Gasteiger partial charge in [-0.3, -0.25) is 10.1 Å². The Morgan fingerprint density at radius 1 is 1.42 bits per heavy atom. The number of rotatable bonds is 3. The van der Waals surface area contributed by atoms with Gasteiger partial charge in [0, 0.05) is 22.2 Å². The van der Waals surface area contributed by atoms with Crippen LogP contribution < -0.4 is 4.74 Å². The average molecular weight is 344 g/mol. The number of halogens is 2. The fraction of sp³-hybridized carbons (Fsp3) is 0.0833. The zero-order chi connectivity index (χ0) is 14.0. The van der Waals surface area contributed by atoms with E-state index in [1.165, 1.54) is 6.07 Å². The van der Waals surface area contributed by atoms with Crippen molar-refractivity contribution in [1.82, 2.24) is 4.98 Å². The van der Waals surface area contributed by atoms with Gasteiger partial charge in [0.1, 0.15) is 5.15 Å². The maximum absolute atomic E-state index is 11.0. The summed E-state index contributed by atoms with van der Waals surface area (Å²) in [5, 5.41) is 11.3. The van der Waals surface area contributed by atoms with Crippen LogP contribution in [0.5, 0.6) is 11.6 Å². The topological polar surface area (TPSA) is 65.3 Å². The molecule has 0 saturated carbocycles. The number of aryl methyl sites for hydroxylation is 1. The molecule has 0 fully saturated rings. The molecule has 2 rings (SSSR count). The van der Waals surface area contributed by atoms with E-state index in [0.29, 0.717) is 10.0 Å². The molecule has 1 aromatic carbocycles. The molecular weight excluding hydrogens is 336 g/mol. The van der Waals surface area contributed by atoms with Crippen molar-refractivity contribution >= 4 is 33.2 Å². The zero-order valence-corrected chi connectivity index (χ0v) is 12.1. The number of benzene rings is 1. The molecule has 2 aromatic rings. The predicted octanol–water partition coefficient (Wildman–Crippen LogP) is 4.51. The Morgan fingerprint density at radius 2 is 2.16 bits per heavy atom. The van der Waals surface area contributed by atoms with Crippen molar-refractivity contribution in [2.75, 3.05) is 0 Å². The van der Waals surface area contributed by atoms with Crippen LogP contribution in [-0.2, 0) is 0 Å². The summed E-state index contributed by atoms with van der Waals surface area (Å²) in [5.74, 6) is 0.365. The summed E-state index contributed by atoms with van der Waals surface area (Å²) in [6.07, 6.45) is 0. The maximum atomic E-state index is 11.0. The van der Waals surface area contributed by atoms with Crippen LogP contribution in [0.1, 0.15) is 5.56 Å². The van der Waals surface area contributed by atoms with Gasteiger partial charge in [0.05, 0.1) is 4.92 Å². The van der Waals surface area contributed by atoms with E-state index in [2.05, 4.69) is 20.9 Å². The molecule has 0 atom stereocenters. The van der Waals surface area contributed by atoms with E-state index in [1.807, 2.05) is 0 Å². The highest BCUT2D eigenvalue weighted by Crippen LogP contribution is 2.36. The first-order chi connectivity index (χ1) is 8.97. The second-order valence-corrected chi connectivity index (χ2v) is 5.03. The van der Waals surface area contributed by atoms with Crippen LogP contribution >= 0.6 is 27.5 Å². The highest BCUT2D eigenvalue weighted by molar-refractivity contribution is 9.10. The molecule has 1 heterocycles. The van der Waals surface area contributed by atoms with E-state index < -0.39 is 4.92 Å². The highest BCUT2D eigenvalue weighted by atomic mass is 79.9. The Balaban J connectivity index is 2.47. The largest absolute Gasteiger partial charge is 0.431 e. The second-order valence-electron chi connectivity index (χ2n) is 3.73. The standard InChI is InChI=1S/C12H8BrClN2O3/c1-7-5-8(13)6-9(16(17)18)12(7)19-11-4-2-3-10(14)15-11/h2-6H,1H3. The van der Waals surface area contributed by atoms with Crippen molar-refractivity contribution < 1.29 is 9.66 Å². The van der Waals surface area contributed by atoms with Crippen LogP contribution in [0, 0.1) is 17.0 Å². The molecular formula is C12H8BrClN2O3. The number of pyridine rings is 1. The molecule has 5 nitrogen and oxygen atoms in total. The molecule has 0 radical (unpaired) electrons. The summed E-state index contributed by atoms with van der Waals surface area (Å²) in [5.41, 5.74) is 0.497. The van der Waals surface area contributed by atoms with Gasteiger partial charge in [0.2, 0.25) is 11.6 Å². The predicted molar refractivity (Wildman–Crippen MR) is 74.9 cm³/mol. The Labute approximate surface area is 122 Å². The first-order valence-corrected chi connectivity index (χ1v) is 6.39. The summed E-state index contributed by atoms with van der Waals surface area (Å²) < 4.78 is 6.09. The summed E-state index contributed by atoms with van der Waals surface area (Å²) >= 11 is 8.96. The van der Waals surface area contributed by atoms with Crippen LogP contribution in [0.25, 0.3) is 0 Å². The average Bonchev–Trinajstić information content (AvgIpc) is 2.32. The highest BCUT2D eigenvalue weighted by Gasteiger charge is 2.20. The van der Waals surface area contributed by atoms with Crippen LogP contribution in [-0.4, -0.2) is 9.91 Å². The van der Waals surface area contributed by atoms with E-state index in [9.17, 15) is 10.1 Å². The Hall–Kier alpha value is -1.66. The molecule has 19 heavy (non-hydrogen) atoms. The van der Waals surface area contributed by atoms with Gasteiger partial charge in [-0.2, -0.15) is 0 Å². The number of ether oxygens (including phenoxy) is 1. The molecule has 1 aromatic heterocycles. The molecule has 98 valence electrons. The molecule has 0 aliphatic carbocycles. The molecule has 0 bridgehead atoms. The third kappa shape index (κ3) is 3.21. The first-order valence-electron chi connectivity index (χ1n) is 5.22. The minimum atomic E-state index is -0.502. The smallest absolute Gasteiger partial charge is 0.313 e. The van der Waals surface area contributed by atoms with Crippen LogP contribution in [0.4, 0.5) is 5.69 Å². The monoisotopic (exact) mass is 342 g/mol. The van der Waals surface area contributed by atoms with Crippen LogP contribution in [0.15, 0.2) is 34.8 Å². The van der Waals surface area contributed by atoms with E-state index in [4.69, 9.17) is 16.3 Å². The fourth-order valence-corrected chi connectivity index (χ4v) is 2.25. The summed E-state index contributed by atoms with van der Waals surface area (Å²) in [7, 11) is 0. The number of hydrogen-bond acceptors (Lipinski definition) is 4. The molecule has 0 saturated heterocycles. The van der Waals surface area contributed by atoms with E-state index in [1.54, 1.807) is 31.2 Å². The second kappa shape index (κ2) is 5.54. The van der Waals surface area contributed by atoms with Gasteiger partial charge in [-0.15, -0.1) is 0 Å². The molecule has 0 amide bonds. The number of nitro benzene ring substituents is 1. The first kappa shape index (κ1) is 13.8. The molecule has 0 spiro atoms. The SMILES string of the molecule is Cc1cc(Br)cc([N+](=O)[O-])c1Oc1cccc(Cl)n1. The summed E-state index contributed by atoms with van der Waals surface area (Å²) in [6, 6.07) is 7.94. The lowest BCUT2D eigenvalue weighted by atomic mass is 10.2. The number of aromatic nitrogens is 1. The minimum Gasteiger partial charge on any atom is -0.431 e. The van der Waals surface area contributed by atoms with Gasteiger partial charge in [0.25, 0.3) is 0 Å². The summed E-state index contributed by atoms with van der Waals surface area (Å²) in [6.45, 7) is 1.72. The lowest BCUT2D eigenvalue weighted by molar-refractivity contribution is -0.385. The van der Waals surface area contributed by atoms with Gasteiger partial charge in [-0.25, -0.2) is 4.98 Å².